The lowest BCUT2D eigenvalue weighted by molar-refractivity contribution is -0.138. The van der Waals surface area contributed by atoms with Gasteiger partial charge in [-0.15, -0.1) is 0 Å². The molecule has 0 radical (unpaired) electrons. The van der Waals surface area contributed by atoms with Gasteiger partial charge in [-0.05, 0) is 45.2 Å². The molecule has 0 aliphatic carbocycles. The van der Waals surface area contributed by atoms with Crippen molar-refractivity contribution in [2.45, 2.75) is 38.2 Å². The molecule has 2 atom stereocenters. The molecule has 4 heteroatoms. The second-order valence-electron chi connectivity index (χ2n) is 5.48. The summed E-state index contributed by atoms with van der Waals surface area (Å²) >= 11 is 0. The van der Waals surface area contributed by atoms with Gasteiger partial charge in [0.2, 0.25) is 5.91 Å². The number of carbonyl (C=O) groups is 1. The van der Waals surface area contributed by atoms with E-state index in [1.54, 1.807) is 0 Å². The van der Waals surface area contributed by atoms with Gasteiger partial charge in [0.25, 0.3) is 0 Å². The van der Waals surface area contributed by atoms with Gasteiger partial charge in [-0.3, -0.25) is 4.79 Å². The molecule has 0 aromatic heterocycles. The summed E-state index contributed by atoms with van der Waals surface area (Å²) in [6.45, 7) is 5.15. The van der Waals surface area contributed by atoms with Crippen molar-refractivity contribution in [3.05, 3.63) is 0 Å². The van der Waals surface area contributed by atoms with Crippen molar-refractivity contribution in [1.29, 1.82) is 0 Å². The number of carbonyl (C=O) groups excluding carboxylic acids is 1. The Bertz CT molecular complexity index is 260. The topological polar surface area (TPSA) is 52.6 Å². The number of hydrogen-bond acceptors (Lipinski definition) is 3. The van der Waals surface area contributed by atoms with Crippen LogP contribution in [0.2, 0.25) is 0 Å². The predicted octanol–water partition coefficient (Wildman–Crippen LogP) is 0.359. The van der Waals surface area contributed by atoms with E-state index in [1.165, 1.54) is 0 Å². The Kier molecular flexibility index (Phi) is 3.50. The van der Waals surface area contributed by atoms with E-state index < -0.39 is 5.60 Å². The van der Waals surface area contributed by atoms with Crippen LogP contribution in [0.1, 0.15) is 32.6 Å². The molecule has 2 rings (SSSR count). The number of likely N-dealkylation sites (tertiary alicyclic amines) is 1. The smallest absolute Gasteiger partial charge is 0.222 e. The van der Waals surface area contributed by atoms with Gasteiger partial charge < -0.3 is 15.3 Å². The molecular formula is C12H22N2O2. The lowest BCUT2D eigenvalue weighted by Crippen LogP contribution is -2.48. The van der Waals surface area contributed by atoms with Crippen LogP contribution in [0, 0.1) is 5.92 Å². The van der Waals surface area contributed by atoms with Crippen molar-refractivity contribution < 1.29 is 9.90 Å². The molecule has 16 heavy (non-hydrogen) atoms. The van der Waals surface area contributed by atoms with Crippen LogP contribution in [0.5, 0.6) is 0 Å². The van der Waals surface area contributed by atoms with Crippen molar-refractivity contribution in [2.24, 2.45) is 5.92 Å². The Morgan fingerprint density at radius 2 is 2.44 bits per heavy atom. The molecule has 92 valence electrons. The van der Waals surface area contributed by atoms with E-state index in [0.717, 1.165) is 38.9 Å². The molecule has 0 saturated carbocycles. The maximum atomic E-state index is 12.0. The maximum Gasteiger partial charge on any atom is 0.222 e. The summed E-state index contributed by atoms with van der Waals surface area (Å²) in [5.74, 6) is 0.716. The zero-order valence-electron chi connectivity index (χ0n) is 10.0. The first kappa shape index (κ1) is 11.9. The molecule has 4 nitrogen and oxygen atoms in total. The number of β-amino-alcohol motifs (C(OH)–C–C–N with tert-alkyl or cyclic N) is 1. The monoisotopic (exact) mass is 226 g/mol. The molecule has 0 aromatic rings. The summed E-state index contributed by atoms with van der Waals surface area (Å²) in [6, 6.07) is 0. The second kappa shape index (κ2) is 4.72. The van der Waals surface area contributed by atoms with E-state index >= 15 is 0 Å². The van der Waals surface area contributed by atoms with Crippen molar-refractivity contribution >= 4 is 5.91 Å². The van der Waals surface area contributed by atoms with Gasteiger partial charge >= 0.3 is 0 Å². The summed E-state index contributed by atoms with van der Waals surface area (Å²) in [5.41, 5.74) is -0.679. The van der Waals surface area contributed by atoms with Crippen LogP contribution in [0.15, 0.2) is 0 Å². The van der Waals surface area contributed by atoms with Gasteiger partial charge in [-0.1, -0.05) is 0 Å². The van der Waals surface area contributed by atoms with E-state index in [-0.39, 0.29) is 5.91 Å². The zero-order chi connectivity index (χ0) is 11.6. The van der Waals surface area contributed by atoms with Gasteiger partial charge in [0.15, 0.2) is 0 Å². The molecule has 2 saturated heterocycles. The average molecular weight is 226 g/mol. The number of amides is 1. The predicted molar refractivity (Wildman–Crippen MR) is 62.0 cm³/mol. The Balaban J connectivity index is 1.84. The minimum atomic E-state index is -0.679. The zero-order valence-corrected chi connectivity index (χ0v) is 10.0. The number of aliphatic hydroxyl groups is 1. The average Bonchev–Trinajstić information content (AvgIpc) is 2.69. The summed E-state index contributed by atoms with van der Waals surface area (Å²) in [4.78, 5) is 13.9. The van der Waals surface area contributed by atoms with Crippen LogP contribution < -0.4 is 5.32 Å². The van der Waals surface area contributed by atoms with Gasteiger partial charge in [0, 0.05) is 19.5 Å². The lowest BCUT2D eigenvalue weighted by Gasteiger charge is -2.37. The number of hydrogen-bond donors (Lipinski definition) is 2. The Labute approximate surface area is 97.0 Å². The fourth-order valence-electron chi connectivity index (χ4n) is 2.70. The van der Waals surface area contributed by atoms with E-state index in [4.69, 9.17) is 0 Å². The van der Waals surface area contributed by atoms with Crippen LogP contribution in [0.25, 0.3) is 0 Å². The number of rotatable bonds is 2. The molecule has 0 bridgehead atoms. The molecule has 1 amide bonds. The van der Waals surface area contributed by atoms with Crippen molar-refractivity contribution in [3.63, 3.8) is 0 Å². The number of nitrogens with zero attached hydrogens (tertiary/aromatic N) is 1. The quantitative estimate of drug-likeness (QED) is 0.715. The summed E-state index contributed by atoms with van der Waals surface area (Å²) in [7, 11) is 0. The van der Waals surface area contributed by atoms with Gasteiger partial charge in [-0.25, -0.2) is 0 Å². The largest absolute Gasteiger partial charge is 0.388 e. The maximum absolute atomic E-state index is 12.0. The molecule has 2 N–H and O–H groups in total. The van der Waals surface area contributed by atoms with Crippen LogP contribution in [0.3, 0.4) is 0 Å². The molecule has 0 aromatic carbocycles. The molecular weight excluding hydrogens is 204 g/mol. The van der Waals surface area contributed by atoms with E-state index in [9.17, 15) is 9.90 Å². The summed E-state index contributed by atoms with van der Waals surface area (Å²) in [5, 5.41) is 13.2. The van der Waals surface area contributed by atoms with Crippen molar-refractivity contribution in [1.82, 2.24) is 10.2 Å². The van der Waals surface area contributed by atoms with Gasteiger partial charge in [-0.2, -0.15) is 0 Å². The van der Waals surface area contributed by atoms with Crippen molar-refractivity contribution in [2.75, 3.05) is 26.2 Å². The van der Waals surface area contributed by atoms with Crippen LogP contribution >= 0.6 is 0 Å². The van der Waals surface area contributed by atoms with Crippen LogP contribution in [0.4, 0.5) is 0 Å². The van der Waals surface area contributed by atoms with Crippen molar-refractivity contribution in [3.8, 4) is 0 Å². The standard InChI is InChI=1S/C12H22N2O2/c1-12(16)4-2-6-14(9-12)11(15)7-10-3-5-13-8-10/h10,13,16H,2-9H2,1H3. The highest BCUT2D eigenvalue weighted by Gasteiger charge is 2.31. The Morgan fingerprint density at radius 1 is 1.62 bits per heavy atom. The highest BCUT2D eigenvalue weighted by molar-refractivity contribution is 5.76. The fraction of sp³-hybridized carbons (Fsp3) is 0.917. The molecule has 2 aliphatic heterocycles. The van der Waals surface area contributed by atoms with Gasteiger partial charge in [0.05, 0.1) is 5.60 Å². The van der Waals surface area contributed by atoms with Gasteiger partial charge in [0.1, 0.15) is 0 Å². The van der Waals surface area contributed by atoms with E-state index in [0.29, 0.717) is 18.9 Å². The Hall–Kier alpha value is -0.610. The minimum Gasteiger partial charge on any atom is -0.388 e. The first-order valence-electron chi connectivity index (χ1n) is 6.28. The lowest BCUT2D eigenvalue weighted by atomic mass is 9.94. The normalized spacial score (nSPS) is 35.4. The third-order valence-electron chi connectivity index (χ3n) is 3.65. The number of piperidine rings is 1. The molecule has 2 aliphatic rings. The number of nitrogens with one attached hydrogen (secondary N) is 1. The van der Waals surface area contributed by atoms with E-state index in [2.05, 4.69) is 5.32 Å². The molecule has 2 unspecified atom stereocenters. The minimum absolute atomic E-state index is 0.216. The highest BCUT2D eigenvalue weighted by atomic mass is 16.3. The third kappa shape index (κ3) is 2.95. The highest BCUT2D eigenvalue weighted by Crippen LogP contribution is 2.22. The fourth-order valence-corrected chi connectivity index (χ4v) is 2.70. The third-order valence-corrected chi connectivity index (χ3v) is 3.65. The first-order valence-corrected chi connectivity index (χ1v) is 6.28. The SMILES string of the molecule is CC1(O)CCCN(C(=O)CC2CCNC2)C1. The molecule has 0 spiro atoms. The Morgan fingerprint density at radius 3 is 3.06 bits per heavy atom. The van der Waals surface area contributed by atoms with E-state index in [1.807, 2.05) is 11.8 Å². The summed E-state index contributed by atoms with van der Waals surface area (Å²) < 4.78 is 0. The molecule has 2 heterocycles. The van der Waals surface area contributed by atoms with Crippen LogP contribution in [-0.4, -0.2) is 47.7 Å². The first-order chi connectivity index (χ1) is 7.57. The second-order valence-corrected chi connectivity index (χ2v) is 5.48. The van der Waals surface area contributed by atoms with Crippen LogP contribution in [-0.2, 0) is 4.79 Å². The summed E-state index contributed by atoms with van der Waals surface area (Å²) in [6.07, 6.45) is 3.47. The molecule has 2 fully saturated rings.